The van der Waals surface area contributed by atoms with Crippen LogP contribution in [0.1, 0.15) is 18.4 Å². The van der Waals surface area contributed by atoms with Crippen molar-refractivity contribution in [1.29, 1.82) is 0 Å². The molecule has 2 aromatic carbocycles. The predicted octanol–water partition coefficient (Wildman–Crippen LogP) is 5.05. The van der Waals surface area contributed by atoms with Gasteiger partial charge in [-0.1, -0.05) is 29.3 Å². The van der Waals surface area contributed by atoms with Gasteiger partial charge in [-0.25, -0.2) is 4.39 Å². The molecule has 1 N–H and O–H groups in total. The van der Waals surface area contributed by atoms with Gasteiger partial charge in [-0.2, -0.15) is 0 Å². The van der Waals surface area contributed by atoms with Crippen molar-refractivity contribution >= 4 is 23.2 Å². The van der Waals surface area contributed by atoms with Gasteiger partial charge in [0.15, 0.2) is 0 Å². The molecule has 0 aliphatic heterocycles. The smallest absolute Gasteiger partial charge is 0.125 e. The molecule has 1 aliphatic rings. The molecular formula is C16H14Cl2FN. The van der Waals surface area contributed by atoms with Crippen molar-refractivity contribution in [3.05, 3.63) is 57.8 Å². The van der Waals surface area contributed by atoms with Gasteiger partial charge in [0, 0.05) is 22.6 Å². The van der Waals surface area contributed by atoms with E-state index >= 15 is 0 Å². The molecule has 0 spiro atoms. The molecule has 1 nitrogen and oxygen atoms in total. The highest BCUT2D eigenvalue weighted by Gasteiger charge is 2.20. The average molecular weight is 310 g/mol. The molecule has 0 aromatic heterocycles. The third kappa shape index (κ3) is 3.32. The third-order valence-electron chi connectivity index (χ3n) is 3.40. The maximum atomic E-state index is 13.4. The zero-order valence-corrected chi connectivity index (χ0v) is 12.3. The Kier molecular flexibility index (Phi) is 3.97. The van der Waals surface area contributed by atoms with Crippen molar-refractivity contribution in [2.45, 2.75) is 25.4 Å². The number of nitrogens with one attached hydrogen (secondary N) is 1. The SMILES string of the molecule is Fc1cc(Cl)cc(-c2ccc(Cl)c(CNC3CC3)c2)c1. The highest BCUT2D eigenvalue weighted by atomic mass is 35.5. The summed E-state index contributed by atoms with van der Waals surface area (Å²) in [4.78, 5) is 0. The summed E-state index contributed by atoms with van der Waals surface area (Å²) in [5, 5.41) is 4.55. The molecule has 4 heteroatoms. The molecule has 0 saturated heterocycles. The quantitative estimate of drug-likeness (QED) is 0.833. The Labute approximate surface area is 127 Å². The highest BCUT2D eigenvalue weighted by Crippen LogP contribution is 2.29. The van der Waals surface area contributed by atoms with Crippen molar-refractivity contribution < 1.29 is 4.39 Å². The minimum absolute atomic E-state index is 0.333. The summed E-state index contributed by atoms with van der Waals surface area (Å²) in [7, 11) is 0. The first-order valence-electron chi connectivity index (χ1n) is 6.60. The first-order valence-corrected chi connectivity index (χ1v) is 7.36. The summed E-state index contributed by atoms with van der Waals surface area (Å²) < 4.78 is 13.4. The topological polar surface area (TPSA) is 12.0 Å². The fraction of sp³-hybridized carbons (Fsp3) is 0.250. The Morgan fingerprint density at radius 2 is 1.85 bits per heavy atom. The maximum Gasteiger partial charge on any atom is 0.125 e. The van der Waals surface area contributed by atoms with Gasteiger partial charge in [0.05, 0.1) is 0 Å². The standard InChI is InChI=1S/C16H14Cl2FN/c17-13-6-11(7-14(19)8-13)10-1-4-16(18)12(5-10)9-20-15-2-3-15/h1,4-8,15,20H,2-3,9H2. The number of halogens is 3. The molecule has 0 heterocycles. The summed E-state index contributed by atoms with van der Waals surface area (Å²) in [5.74, 6) is -0.333. The Morgan fingerprint density at radius 3 is 2.55 bits per heavy atom. The second-order valence-corrected chi connectivity index (χ2v) is 5.96. The summed E-state index contributed by atoms with van der Waals surface area (Å²) in [6, 6.07) is 10.9. The zero-order chi connectivity index (χ0) is 14.1. The molecule has 2 aromatic rings. The van der Waals surface area contributed by atoms with Crippen LogP contribution in [0.3, 0.4) is 0 Å². The normalized spacial score (nSPS) is 14.6. The van der Waals surface area contributed by atoms with Crippen LogP contribution in [0.25, 0.3) is 11.1 Å². The minimum atomic E-state index is -0.333. The number of hydrogen-bond acceptors (Lipinski definition) is 1. The van der Waals surface area contributed by atoms with Gasteiger partial charge < -0.3 is 5.32 Å². The lowest BCUT2D eigenvalue weighted by molar-refractivity contribution is 0.628. The number of hydrogen-bond donors (Lipinski definition) is 1. The fourth-order valence-corrected chi connectivity index (χ4v) is 2.56. The Bertz CT molecular complexity index is 618. The van der Waals surface area contributed by atoms with Crippen LogP contribution in [0.15, 0.2) is 36.4 Å². The van der Waals surface area contributed by atoms with E-state index in [1.807, 2.05) is 18.2 Å². The molecule has 3 rings (SSSR count). The molecule has 0 atom stereocenters. The van der Waals surface area contributed by atoms with Crippen LogP contribution in [0.5, 0.6) is 0 Å². The van der Waals surface area contributed by atoms with E-state index in [1.54, 1.807) is 6.07 Å². The average Bonchev–Trinajstić information content (AvgIpc) is 3.20. The van der Waals surface area contributed by atoms with Crippen molar-refractivity contribution in [2.24, 2.45) is 0 Å². The minimum Gasteiger partial charge on any atom is -0.310 e. The summed E-state index contributed by atoms with van der Waals surface area (Å²) in [5.41, 5.74) is 2.71. The van der Waals surface area contributed by atoms with Gasteiger partial charge >= 0.3 is 0 Å². The van der Waals surface area contributed by atoms with Gasteiger partial charge in [0.1, 0.15) is 5.82 Å². The fourth-order valence-electron chi connectivity index (χ4n) is 2.15. The first kappa shape index (κ1) is 13.9. The molecule has 104 valence electrons. The summed E-state index contributed by atoms with van der Waals surface area (Å²) >= 11 is 12.1. The summed E-state index contributed by atoms with van der Waals surface area (Å²) in [6.45, 7) is 0.736. The van der Waals surface area contributed by atoms with Crippen molar-refractivity contribution in [1.82, 2.24) is 5.32 Å². The Morgan fingerprint density at radius 1 is 1.05 bits per heavy atom. The van der Waals surface area contributed by atoms with Crippen LogP contribution < -0.4 is 5.32 Å². The van der Waals surface area contributed by atoms with Gasteiger partial charge in [0.25, 0.3) is 0 Å². The van der Waals surface area contributed by atoms with Gasteiger partial charge in [-0.15, -0.1) is 0 Å². The van der Waals surface area contributed by atoms with E-state index in [2.05, 4.69) is 5.32 Å². The Balaban J connectivity index is 1.90. The molecule has 0 amide bonds. The van der Waals surface area contributed by atoms with Crippen molar-refractivity contribution in [2.75, 3.05) is 0 Å². The molecule has 1 saturated carbocycles. The lowest BCUT2D eigenvalue weighted by Gasteiger charge is -2.09. The van der Waals surface area contributed by atoms with Gasteiger partial charge in [-0.05, 0) is 59.9 Å². The Hall–Kier alpha value is -1.09. The maximum absolute atomic E-state index is 13.4. The number of rotatable bonds is 4. The van der Waals surface area contributed by atoms with E-state index in [-0.39, 0.29) is 5.82 Å². The molecular weight excluding hydrogens is 296 g/mol. The van der Waals surface area contributed by atoms with Crippen LogP contribution in [0.2, 0.25) is 10.0 Å². The molecule has 20 heavy (non-hydrogen) atoms. The van der Waals surface area contributed by atoms with Crippen molar-refractivity contribution in [3.8, 4) is 11.1 Å². The van der Waals surface area contributed by atoms with Gasteiger partial charge in [-0.3, -0.25) is 0 Å². The lowest BCUT2D eigenvalue weighted by Crippen LogP contribution is -2.15. The van der Waals surface area contributed by atoms with E-state index < -0.39 is 0 Å². The monoisotopic (exact) mass is 309 g/mol. The highest BCUT2D eigenvalue weighted by molar-refractivity contribution is 6.31. The van der Waals surface area contributed by atoms with Crippen LogP contribution in [-0.4, -0.2) is 6.04 Å². The molecule has 1 aliphatic carbocycles. The van der Waals surface area contributed by atoms with Crippen LogP contribution >= 0.6 is 23.2 Å². The number of benzene rings is 2. The lowest BCUT2D eigenvalue weighted by atomic mass is 10.0. The van der Waals surface area contributed by atoms with Crippen LogP contribution in [0, 0.1) is 5.82 Å². The molecule has 0 radical (unpaired) electrons. The first-order chi connectivity index (χ1) is 9.61. The summed E-state index contributed by atoms with van der Waals surface area (Å²) in [6.07, 6.45) is 2.47. The van der Waals surface area contributed by atoms with E-state index in [4.69, 9.17) is 23.2 Å². The second kappa shape index (κ2) is 5.72. The van der Waals surface area contributed by atoms with E-state index in [0.717, 1.165) is 28.3 Å². The molecule has 1 fully saturated rings. The van der Waals surface area contributed by atoms with Gasteiger partial charge in [0.2, 0.25) is 0 Å². The van der Waals surface area contributed by atoms with E-state index in [1.165, 1.54) is 25.0 Å². The largest absolute Gasteiger partial charge is 0.310 e. The molecule has 0 bridgehead atoms. The predicted molar refractivity (Wildman–Crippen MR) is 81.7 cm³/mol. The van der Waals surface area contributed by atoms with Crippen LogP contribution in [-0.2, 0) is 6.54 Å². The third-order valence-corrected chi connectivity index (χ3v) is 3.99. The van der Waals surface area contributed by atoms with E-state index in [9.17, 15) is 4.39 Å². The van der Waals surface area contributed by atoms with Crippen LogP contribution in [0.4, 0.5) is 4.39 Å². The van der Waals surface area contributed by atoms with E-state index in [0.29, 0.717) is 11.1 Å². The zero-order valence-electron chi connectivity index (χ0n) is 10.8. The second-order valence-electron chi connectivity index (χ2n) is 5.12. The molecule has 0 unspecified atom stereocenters. The van der Waals surface area contributed by atoms with Crippen molar-refractivity contribution in [3.63, 3.8) is 0 Å².